The number of ether oxygens (including phenoxy) is 2. The predicted molar refractivity (Wildman–Crippen MR) is 145 cm³/mol. The minimum atomic E-state index is -0.504. The third kappa shape index (κ3) is 3.52. The summed E-state index contributed by atoms with van der Waals surface area (Å²) < 4.78 is 10.9. The van der Waals surface area contributed by atoms with Gasteiger partial charge in [0.15, 0.2) is 5.75 Å². The molecule has 2 atom stereocenters. The second kappa shape index (κ2) is 8.95. The van der Waals surface area contributed by atoms with Crippen LogP contribution in [0.4, 0.5) is 5.69 Å². The summed E-state index contributed by atoms with van der Waals surface area (Å²) in [7, 11) is 1.58. The molecule has 2 bridgehead atoms. The summed E-state index contributed by atoms with van der Waals surface area (Å²) in [4.78, 5) is 42.3. The van der Waals surface area contributed by atoms with Gasteiger partial charge in [-0.15, -0.1) is 0 Å². The van der Waals surface area contributed by atoms with E-state index in [0.717, 1.165) is 27.8 Å². The van der Waals surface area contributed by atoms with Gasteiger partial charge in [-0.05, 0) is 52.1 Å². The topological polar surface area (TPSA) is 72.9 Å². The number of amides is 2. The van der Waals surface area contributed by atoms with Crippen LogP contribution in [-0.2, 0) is 20.8 Å². The van der Waals surface area contributed by atoms with E-state index in [-0.39, 0.29) is 35.8 Å². The van der Waals surface area contributed by atoms with Crippen molar-refractivity contribution >= 4 is 23.5 Å². The van der Waals surface area contributed by atoms with Crippen molar-refractivity contribution in [3.8, 4) is 11.5 Å². The van der Waals surface area contributed by atoms with E-state index >= 15 is 0 Å². The average Bonchev–Trinajstić information content (AvgIpc) is 3.23. The summed E-state index contributed by atoms with van der Waals surface area (Å²) in [5.41, 5.74) is 5.53. The Labute approximate surface area is 225 Å². The fraction of sp³-hybridized carbons (Fsp3) is 0.182. The SMILES string of the molecule is COc1ccc(CC(=O)Oc2ccccc2N2C(=O)C3C4c5ccccc5C(c5ccccc54)C3C2=O)cc1. The van der Waals surface area contributed by atoms with Crippen LogP contribution < -0.4 is 14.4 Å². The second-order valence-corrected chi connectivity index (χ2v) is 10.2. The highest BCUT2D eigenvalue weighted by Gasteiger charge is 2.62. The van der Waals surface area contributed by atoms with Crippen LogP contribution >= 0.6 is 0 Å². The molecule has 192 valence electrons. The quantitative estimate of drug-likeness (QED) is 0.207. The largest absolute Gasteiger partial charge is 0.497 e. The molecule has 4 aliphatic rings. The van der Waals surface area contributed by atoms with Crippen molar-refractivity contribution < 1.29 is 23.9 Å². The highest BCUT2D eigenvalue weighted by Crippen LogP contribution is 2.61. The Morgan fingerprint density at radius 3 is 1.69 bits per heavy atom. The van der Waals surface area contributed by atoms with E-state index < -0.39 is 17.8 Å². The molecule has 39 heavy (non-hydrogen) atoms. The number of carbonyl (C=O) groups is 3. The lowest BCUT2D eigenvalue weighted by Gasteiger charge is -2.45. The van der Waals surface area contributed by atoms with Crippen LogP contribution in [0.1, 0.15) is 39.7 Å². The second-order valence-electron chi connectivity index (χ2n) is 10.2. The number of esters is 1. The zero-order chi connectivity index (χ0) is 26.7. The Balaban J connectivity index is 1.23. The molecule has 6 nitrogen and oxygen atoms in total. The van der Waals surface area contributed by atoms with Crippen LogP contribution in [-0.4, -0.2) is 24.9 Å². The van der Waals surface area contributed by atoms with E-state index in [1.807, 2.05) is 24.3 Å². The Hall–Kier alpha value is -4.71. The summed E-state index contributed by atoms with van der Waals surface area (Å²) in [6.07, 6.45) is 0.0419. The molecule has 2 amide bonds. The Kier molecular flexibility index (Phi) is 5.37. The zero-order valence-electron chi connectivity index (χ0n) is 21.2. The van der Waals surface area contributed by atoms with E-state index in [1.54, 1.807) is 55.6 Å². The monoisotopic (exact) mass is 515 g/mol. The first kappa shape index (κ1) is 23.4. The van der Waals surface area contributed by atoms with Crippen molar-refractivity contribution in [3.05, 3.63) is 125 Å². The zero-order valence-corrected chi connectivity index (χ0v) is 21.2. The van der Waals surface area contributed by atoms with Crippen molar-refractivity contribution in [2.24, 2.45) is 11.8 Å². The number of rotatable bonds is 5. The van der Waals surface area contributed by atoms with Gasteiger partial charge in [0.2, 0.25) is 11.8 Å². The number of hydrogen-bond acceptors (Lipinski definition) is 5. The number of imide groups is 1. The van der Waals surface area contributed by atoms with E-state index in [1.165, 1.54) is 4.90 Å². The fourth-order valence-corrected chi connectivity index (χ4v) is 6.71. The van der Waals surface area contributed by atoms with Gasteiger partial charge in [0.1, 0.15) is 5.75 Å². The molecule has 1 heterocycles. The first-order chi connectivity index (χ1) is 19.1. The van der Waals surface area contributed by atoms with E-state index in [0.29, 0.717) is 11.4 Å². The molecule has 0 aromatic heterocycles. The number of methoxy groups -OCH3 is 1. The molecule has 0 radical (unpaired) electrons. The van der Waals surface area contributed by atoms with Crippen LogP contribution in [0.5, 0.6) is 11.5 Å². The van der Waals surface area contributed by atoms with E-state index in [4.69, 9.17) is 9.47 Å². The number of para-hydroxylation sites is 2. The molecule has 1 fully saturated rings. The van der Waals surface area contributed by atoms with Gasteiger partial charge in [-0.3, -0.25) is 14.4 Å². The van der Waals surface area contributed by atoms with E-state index in [2.05, 4.69) is 24.3 Å². The summed E-state index contributed by atoms with van der Waals surface area (Å²) in [6, 6.07) is 30.2. The van der Waals surface area contributed by atoms with Crippen molar-refractivity contribution in [2.45, 2.75) is 18.3 Å². The molecular formula is C33H25NO5. The van der Waals surface area contributed by atoms with Gasteiger partial charge in [-0.1, -0.05) is 72.8 Å². The number of anilines is 1. The number of nitrogens with zero attached hydrogens (tertiary/aromatic N) is 1. The molecule has 4 aromatic rings. The van der Waals surface area contributed by atoms with Crippen LogP contribution in [0.25, 0.3) is 0 Å². The first-order valence-electron chi connectivity index (χ1n) is 13.0. The van der Waals surface area contributed by atoms with Crippen molar-refractivity contribution in [2.75, 3.05) is 12.0 Å². The third-order valence-electron chi connectivity index (χ3n) is 8.29. The molecule has 0 N–H and O–H groups in total. The molecule has 1 aliphatic heterocycles. The first-order valence-corrected chi connectivity index (χ1v) is 13.0. The van der Waals surface area contributed by atoms with Crippen molar-refractivity contribution in [3.63, 3.8) is 0 Å². The maximum Gasteiger partial charge on any atom is 0.315 e. The smallest absolute Gasteiger partial charge is 0.315 e. The normalized spacial score (nSPS) is 22.2. The lowest BCUT2D eigenvalue weighted by atomic mass is 9.55. The van der Waals surface area contributed by atoms with Crippen LogP contribution in [0.3, 0.4) is 0 Å². The molecule has 3 aliphatic carbocycles. The molecule has 6 heteroatoms. The maximum atomic E-state index is 14.1. The lowest BCUT2D eigenvalue weighted by molar-refractivity contribution is -0.134. The minimum Gasteiger partial charge on any atom is -0.497 e. The predicted octanol–water partition coefficient (Wildman–Crippen LogP) is 5.24. The third-order valence-corrected chi connectivity index (χ3v) is 8.29. The van der Waals surface area contributed by atoms with Gasteiger partial charge in [-0.2, -0.15) is 0 Å². The van der Waals surface area contributed by atoms with Crippen LogP contribution in [0.2, 0.25) is 0 Å². The van der Waals surface area contributed by atoms with E-state index in [9.17, 15) is 14.4 Å². The van der Waals surface area contributed by atoms with Gasteiger partial charge in [0.05, 0.1) is 31.1 Å². The van der Waals surface area contributed by atoms with Gasteiger partial charge >= 0.3 is 5.97 Å². The van der Waals surface area contributed by atoms with Gasteiger partial charge in [0.25, 0.3) is 0 Å². The summed E-state index contributed by atoms with van der Waals surface area (Å²) in [5.74, 6) is -1.49. The minimum absolute atomic E-state index is 0.0419. The standard InChI is InChI=1S/C33H25NO5/c1-38-20-16-14-19(15-17-20)18-27(35)39-26-13-7-6-12-25(26)34-32(36)30-28-21-8-2-3-9-22(21)29(31(30)33(34)37)24-11-5-4-10-23(24)28/h2-17,28-31H,18H2,1H3. The highest BCUT2D eigenvalue weighted by atomic mass is 16.5. The summed E-state index contributed by atoms with van der Waals surface area (Å²) in [5, 5.41) is 0. The number of benzene rings is 4. The number of hydrogen-bond donors (Lipinski definition) is 0. The van der Waals surface area contributed by atoms with Gasteiger partial charge < -0.3 is 9.47 Å². The Bertz CT molecular complexity index is 1530. The van der Waals surface area contributed by atoms with Crippen molar-refractivity contribution in [1.82, 2.24) is 0 Å². The Morgan fingerprint density at radius 2 is 1.18 bits per heavy atom. The van der Waals surface area contributed by atoms with Crippen molar-refractivity contribution in [1.29, 1.82) is 0 Å². The molecule has 2 unspecified atom stereocenters. The lowest BCUT2D eigenvalue weighted by Crippen LogP contribution is -2.41. The molecule has 4 aromatic carbocycles. The van der Waals surface area contributed by atoms with Gasteiger partial charge in [-0.25, -0.2) is 4.90 Å². The molecule has 0 saturated carbocycles. The Morgan fingerprint density at radius 1 is 0.692 bits per heavy atom. The molecule has 8 rings (SSSR count). The maximum absolute atomic E-state index is 14.1. The van der Waals surface area contributed by atoms with Gasteiger partial charge in [0, 0.05) is 11.8 Å². The molecular weight excluding hydrogens is 490 g/mol. The summed E-state index contributed by atoms with van der Waals surface area (Å²) >= 11 is 0. The average molecular weight is 516 g/mol. The highest BCUT2D eigenvalue weighted by molar-refractivity contribution is 6.24. The number of carbonyl (C=O) groups excluding carboxylic acids is 3. The summed E-state index contributed by atoms with van der Waals surface area (Å²) in [6.45, 7) is 0. The van der Waals surface area contributed by atoms with Crippen LogP contribution in [0.15, 0.2) is 97.1 Å². The molecule has 0 spiro atoms. The molecule has 1 saturated heterocycles. The van der Waals surface area contributed by atoms with Crippen LogP contribution in [0, 0.1) is 11.8 Å². The fourth-order valence-electron chi connectivity index (χ4n) is 6.71.